The van der Waals surface area contributed by atoms with Gasteiger partial charge >= 0.3 is 0 Å². The van der Waals surface area contributed by atoms with Crippen LogP contribution in [-0.4, -0.2) is 24.5 Å². The Morgan fingerprint density at radius 3 is 2.48 bits per heavy atom. The molecule has 0 atom stereocenters. The average molecular weight is 288 g/mol. The van der Waals surface area contributed by atoms with E-state index in [4.69, 9.17) is 4.42 Å². The van der Waals surface area contributed by atoms with E-state index in [-0.39, 0.29) is 0 Å². The van der Waals surface area contributed by atoms with Crippen LogP contribution in [0.5, 0.6) is 0 Å². The van der Waals surface area contributed by atoms with Crippen molar-refractivity contribution >= 4 is 11.0 Å². The molecular weight excluding hydrogens is 260 g/mol. The van der Waals surface area contributed by atoms with Crippen LogP contribution in [-0.2, 0) is 13.1 Å². The van der Waals surface area contributed by atoms with Crippen LogP contribution >= 0.6 is 0 Å². The van der Waals surface area contributed by atoms with Gasteiger partial charge in [0, 0.05) is 30.1 Å². The first-order valence-electron chi connectivity index (χ1n) is 7.90. The Hall–Kier alpha value is -1.32. The lowest BCUT2D eigenvalue weighted by Crippen LogP contribution is -2.33. The van der Waals surface area contributed by atoms with E-state index in [1.807, 2.05) is 13.1 Å². The highest BCUT2D eigenvalue weighted by molar-refractivity contribution is 5.82. The molecule has 2 aromatic rings. The minimum absolute atomic E-state index is 0.531. The number of benzene rings is 1. The van der Waals surface area contributed by atoms with Crippen molar-refractivity contribution in [3.05, 3.63) is 35.6 Å². The maximum Gasteiger partial charge on any atom is 0.134 e. The lowest BCUT2D eigenvalue weighted by molar-refractivity contribution is 0.188. The average Bonchev–Trinajstić information content (AvgIpc) is 2.76. The summed E-state index contributed by atoms with van der Waals surface area (Å²) in [6.45, 7) is 11.9. The van der Waals surface area contributed by atoms with Crippen molar-refractivity contribution in [1.82, 2.24) is 10.2 Å². The molecule has 0 radical (unpaired) electrons. The first-order chi connectivity index (χ1) is 10.0. The number of furan rings is 1. The molecule has 1 N–H and O–H groups in total. The van der Waals surface area contributed by atoms with Gasteiger partial charge in [0.1, 0.15) is 11.3 Å². The van der Waals surface area contributed by atoms with Crippen LogP contribution in [0.25, 0.3) is 11.0 Å². The second-order valence-electron chi connectivity index (χ2n) is 6.45. The quantitative estimate of drug-likeness (QED) is 0.834. The zero-order chi connectivity index (χ0) is 15.4. The van der Waals surface area contributed by atoms with Gasteiger partial charge < -0.3 is 9.73 Å². The zero-order valence-corrected chi connectivity index (χ0v) is 13.9. The molecule has 3 nitrogen and oxygen atoms in total. The lowest BCUT2D eigenvalue weighted by atomic mass is 10.1. The van der Waals surface area contributed by atoms with E-state index in [1.165, 1.54) is 10.9 Å². The van der Waals surface area contributed by atoms with Crippen LogP contribution in [0.1, 0.15) is 39.0 Å². The summed E-state index contributed by atoms with van der Waals surface area (Å²) >= 11 is 0. The van der Waals surface area contributed by atoms with Gasteiger partial charge in [-0.1, -0.05) is 32.0 Å². The van der Waals surface area contributed by atoms with Crippen LogP contribution in [0.3, 0.4) is 0 Å². The van der Waals surface area contributed by atoms with Gasteiger partial charge in [0.15, 0.2) is 0 Å². The van der Waals surface area contributed by atoms with Crippen molar-refractivity contribution in [2.45, 2.75) is 46.8 Å². The Labute approximate surface area is 128 Å². The van der Waals surface area contributed by atoms with Crippen molar-refractivity contribution in [2.24, 2.45) is 5.92 Å². The normalized spacial score (nSPS) is 12.2. The van der Waals surface area contributed by atoms with E-state index < -0.39 is 0 Å². The van der Waals surface area contributed by atoms with Crippen molar-refractivity contribution in [3.8, 4) is 0 Å². The fraction of sp³-hybridized carbons (Fsp3) is 0.556. The number of rotatable bonds is 7. The molecular formula is C18H28N2O. The molecule has 1 aromatic carbocycles. The molecule has 116 valence electrons. The van der Waals surface area contributed by atoms with Crippen molar-refractivity contribution in [3.63, 3.8) is 0 Å². The van der Waals surface area contributed by atoms with Gasteiger partial charge in [-0.15, -0.1) is 0 Å². The van der Waals surface area contributed by atoms with Gasteiger partial charge in [-0.25, -0.2) is 0 Å². The summed E-state index contributed by atoms with van der Waals surface area (Å²) in [5.41, 5.74) is 2.32. The van der Waals surface area contributed by atoms with Gasteiger partial charge in [-0.2, -0.15) is 0 Å². The molecule has 0 bridgehead atoms. The number of fused-ring (bicyclic) bond motifs is 1. The summed E-state index contributed by atoms with van der Waals surface area (Å²) < 4.78 is 6.04. The number of nitrogens with one attached hydrogen (secondary N) is 1. The maximum atomic E-state index is 6.04. The Morgan fingerprint density at radius 1 is 1.14 bits per heavy atom. The largest absolute Gasteiger partial charge is 0.459 e. The van der Waals surface area contributed by atoms with Crippen LogP contribution in [0.4, 0.5) is 0 Å². The first kappa shape index (κ1) is 16.1. The Kier molecular flexibility index (Phi) is 5.43. The second kappa shape index (κ2) is 7.10. The van der Waals surface area contributed by atoms with Gasteiger partial charge in [-0.3, -0.25) is 4.90 Å². The van der Waals surface area contributed by atoms with E-state index in [2.05, 4.69) is 56.1 Å². The molecule has 0 unspecified atom stereocenters. The smallest absolute Gasteiger partial charge is 0.134 e. The van der Waals surface area contributed by atoms with Crippen molar-refractivity contribution < 1.29 is 4.42 Å². The van der Waals surface area contributed by atoms with E-state index in [0.29, 0.717) is 12.0 Å². The van der Waals surface area contributed by atoms with Crippen LogP contribution in [0.15, 0.2) is 28.7 Å². The predicted molar refractivity (Wildman–Crippen MR) is 89.4 cm³/mol. The van der Waals surface area contributed by atoms with Gasteiger partial charge in [-0.05, 0) is 32.9 Å². The Morgan fingerprint density at radius 2 is 1.86 bits per heavy atom. The van der Waals surface area contributed by atoms with Crippen LogP contribution < -0.4 is 5.32 Å². The summed E-state index contributed by atoms with van der Waals surface area (Å²) in [6, 6.07) is 8.88. The van der Waals surface area contributed by atoms with Crippen molar-refractivity contribution in [1.29, 1.82) is 0 Å². The van der Waals surface area contributed by atoms with Crippen LogP contribution in [0, 0.1) is 5.92 Å². The summed E-state index contributed by atoms with van der Waals surface area (Å²) in [5, 5.41) is 4.46. The third-order valence-electron chi connectivity index (χ3n) is 3.81. The molecule has 2 rings (SSSR count). The highest BCUT2D eigenvalue weighted by Gasteiger charge is 2.19. The van der Waals surface area contributed by atoms with Gasteiger partial charge in [0.05, 0.1) is 6.54 Å². The summed E-state index contributed by atoms with van der Waals surface area (Å²) in [7, 11) is 1.96. The molecule has 0 spiro atoms. The highest BCUT2D eigenvalue weighted by atomic mass is 16.3. The molecule has 0 aliphatic heterocycles. The summed E-state index contributed by atoms with van der Waals surface area (Å²) in [6.07, 6.45) is 0. The molecule has 0 amide bonds. The molecule has 0 saturated carbocycles. The topological polar surface area (TPSA) is 28.4 Å². The van der Waals surface area contributed by atoms with E-state index in [1.54, 1.807) is 0 Å². The number of nitrogens with zero attached hydrogens (tertiary/aromatic N) is 1. The molecule has 0 aliphatic rings. The van der Waals surface area contributed by atoms with Gasteiger partial charge in [0.2, 0.25) is 0 Å². The summed E-state index contributed by atoms with van der Waals surface area (Å²) in [4.78, 5) is 2.53. The van der Waals surface area contributed by atoms with Gasteiger partial charge in [0.25, 0.3) is 0 Å². The van der Waals surface area contributed by atoms with Crippen molar-refractivity contribution in [2.75, 3.05) is 13.6 Å². The fourth-order valence-electron chi connectivity index (χ4n) is 2.76. The SMILES string of the molecule is CNCc1oc2ccccc2c1CN(CC(C)C)C(C)C. The first-order valence-corrected chi connectivity index (χ1v) is 7.90. The van der Waals surface area contributed by atoms with E-state index in [0.717, 1.165) is 31.0 Å². The molecule has 3 heteroatoms. The Bertz CT molecular complexity index is 572. The third-order valence-corrected chi connectivity index (χ3v) is 3.81. The lowest BCUT2D eigenvalue weighted by Gasteiger charge is -2.28. The fourth-order valence-corrected chi connectivity index (χ4v) is 2.76. The highest BCUT2D eigenvalue weighted by Crippen LogP contribution is 2.28. The molecule has 1 heterocycles. The predicted octanol–water partition coefficient (Wildman–Crippen LogP) is 4.02. The zero-order valence-electron chi connectivity index (χ0n) is 13.9. The molecule has 0 fully saturated rings. The second-order valence-corrected chi connectivity index (χ2v) is 6.45. The minimum Gasteiger partial charge on any atom is -0.459 e. The van der Waals surface area contributed by atoms with E-state index >= 15 is 0 Å². The van der Waals surface area contributed by atoms with E-state index in [9.17, 15) is 0 Å². The molecule has 0 saturated heterocycles. The molecule has 21 heavy (non-hydrogen) atoms. The summed E-state index contributed by atoms with van der Waals surface area (Å²) in [5.74, 6) is 1.73. The Balaban J connectivity index is 2.36. The number of para-hydroxylation sites is 1. The van der Waals surface area contributed by atoms with Crippen LogP contribution in [0.2, 0.25) is 0 Å². The maximum absolute atomic E-state index is 6.04. The molecule has 1 aromatic heterocycles. The standard InChI is InChI=1S/C18H28N2O/c1-13(2)11-20(14(3)4)12-16-15-8-6-7-9-17(15)21-18(16)10-19-5/h6-9,13-14,19H,10-12H2,1-5H3. The third kappa shape index (κ3) is 3.86. The minimum atomic E-state index is 0.531. The molecule has 0 aliphatic carbocycles. The monoisotopic (exact) mass is 288 g/mol. The number of hydrogen-bond donors (Lipinski definition) is 1. The number of hydrogen-bond acceptors (Lipinski definition) is 3.